The SMILES string of the molecule is COCCNCC(=O)OCc1ccc(OC)cc1. The number of rotatable bonds is 8. The molecule has 5 heteroatoms. The van der Waals surface area contributed by atoms with E-state index in [9.17, 15) is 4.79 Å². The molecule has 0 unspecified atom stereocenters. The maximum Gasteiger partial charge on any atom is 0.320 e. The Morgan fingerprint density at radius 2 is 1.94 bits per heavy atom. The number of carbonyl (C=O) groups is 1. The Morgan fingerprint density at radius 1 is 1.22 bits per heavy atom. The third-order valence-electron chi connectivity index (χ3n) is 2.31. The highest BCUT2D eigenvalue weighted by Crippen LogP contribution is 2.11. The van der Waals surface area contributed by atoms with Crippen LogP contribution >= 0.6 is 0 Å². The van der Waals surface area contributed by atoms with Crippen molar-refractivity contribution in [1.82, 2.24) is 5.32 Å². The summed E-state index contributed by atoms with van der Waals surface area (Å²) in [6, 6.07) is 7.40. The van der Waals surface area contributed by atoms with Gasteiger partial charge in [-0.3, -0.25) is 4.79 Å². The van der Waals surface area contributed by atoms with Crippen molar-refractivity contribution in [1.29, 1.82) is 0 Å². The number of benzene rings is 1. The molecule has 18 heavy (non-hydrogen) atoms. The summed E-state index contributed by atoms with van der Waals surface area (Å²) < 4.78 is 15.0. The molecule has 1 aromatic carbocycles. The van der Waals surface area contributed by atoms with Crippen molar-refractivity contribution in [2.75, 3.05) is 33.9 Å². The molecule has 0 amide bonds. The van der Waals surface area contributed by atoms with Gasteiger partial charge in [-0.2, -0.15) is 0 Å². The van der Waals surface area contributed by atoms with E-state index in [1.54, 1.807) is 14.2 Å². The van der Waals surface area contributed by atoms with Crippen molar-refractivity contribution >= 4 is 5.97 Å². The van der Waals surface area contributed by atoms with E-state index in [4.69, 9.17) is 14.2 Å². The summed E-state index contributed by atoms with van der Waals surface area (Å²) in [6.07, 6.45) is 0. The van der Waals surface area contributed by atoms with Crippen molar-refractivity contribution < 1.29 is 19.0 Å². The van der Waals surface area contributed by atoms with Crippen LogP contribution in [0.3, 0.4) is 0 Å². The molecule has 0 heterocycles. The lowest BCUT2D eigenvalue weighted by Gasteiger charge is -2.06. The second-order valence-corrected chi connectivity index (χ2v) is 3.68. The first-order valence-electron chi connectivity index (χ1n) is 5.74. The van der Waals surface area contributed by atoms with E-state index < -0.39 is 0 Å². The number of esters is 1. The van der Waals surface area contributed by atoms with Crippen molar-refractivity contribution in [3.05, 3.63) is 29.8 Å². The van der Waals surface area contributed by atoms with Crippen LogP contribution in [0, 0.1) is 0 Å². The zero-order chi connectivity index (χ0) is 13.2. The van der Waals surface area contributed by atoms with Gasteiger partial charge in [0.1, 0.15) is 12.4 Å². The van der Waals surface area contributed by atoms with E-state index >= 15 is 0 Å². The summed E-state index contributed by atoms with van der Waals surface area (Å²) in [5.74, 6) is 0.508. The summed E-state index contributed by atoms with van der Waals surface area (Å²) in [7, 11) is 3.23. The van der Waals surface area contributed by atoms with Gasteiger partial charge in [0.25, 0.3) is 0 Å². The summed E-state index contributed by atoms with van der Waals surface area (Å²) >= 11 is 0. The zero-order valence-corrected chi connectivity index (χ0v) is 10.8. The molecular weight excluding hydrogens is 234 g/mol. The van der Waals surface area contributed by atoms with E-state index in [-0.39, 0.29) is 19.1 Å². The maximum absolute atomic E-state index is 11.4. The van der Waals surface area contributed by atoms with Crippen molar-refractivity contribution in [3.8, 4) is 5.75 Å². The van der Waals surface area contributed by atoms with Crippen molar-refractivity contribution in [2.45, 2.75) is 6.61 Å². The lowest BCUT2D eigenvalue weighted by molar-refractivity contribution is -0.143. The van der Waals surface area contributed by atoms with Gasteiger partial charge in [0.2, 0.25) is 0 Å². The molecule has 0 aliphatic rings. The van der Waals surface area contributed by atoms with Gasteiger partial charge in [-0.15, -0.1) is 0 Å². The van der Waals surface area contributed by atoms with E-state index in [1.807, 2.05) is 24.3 Å². The number of methoxy groups -OCH3 is 2. The van der Waals surface area contributed by atoms with Crippen LogP contribution in [0.25, 0.3) is 0 Å². The molecule has 0 radical (unpaired) electrons. The normalized spacial score (nSPS) is 10.1. The Morgan fingerprint density at radius 3 is 2.56 bits per heavy atom. The van der Waals surface area contributed by atoms with Crippen LogP contribution in [-0.2, 0) is 20.9 Å². The number of hydrogen-bond donors (Lipinski definition) is 1. The molecule has 0 bridgehead atoms. The van der Waals surface area contributed by atoms with Crippen LogP contribution in [0.5, 0.6) is 5.75 Å². The Balaban J connectivity index is 2.20. The third-order valence-corrected chi connectivity index (χ3v) is 2.31. The highest BCUT2D eigenvalue weighted by Gasteiger charge is 2.02. The Bertz CT molecular complexity index is 351. The largest absolute Gasteiger partial charge is 0.497 e. The smallest absolute Gasteiger partial charge is 0.320 e. The number of carbonyl (C=O) groups excluding carboxylic acids is 1. The molecule has 5 nitrogen and oxygen atoms in total. The van der Waals surface area contributed by atoms with E-state index in [0.29, 0.717) is 13.2 Å². The van der Waals surface area contributed by atoms with Crippen LogP contribution in [-0.4, -0.2) is 39.9 Å². The predicted molar refractivity (Wildman–Crippen MR) is 67.5 cm³/mol. The molecule has 1 N–H and O–H groups in total. The monoisotopic (exact) mass is 253 g/mol. The van der Waals surface area contributed by atoms with Gasteiger partial charge in [-0.05, 0) is 17.7 Å². The van der Waals surface area contributed by atoms with E-state index in [1.165, 1.54) is 0 Å². The lowest BCUT2D eigenvalue weighted by atomic mass is 10.2. The minimum absolute atomic E-state index is 0.194. The summed E-state index contributed by atoms with van der Waals surface area (Å²) in [6.45, 7) is 1.67. The average molecular weight is 253 g/mol. The third kappa shape index (κ3) is 5.65. The van der Waals surface area contributed by atoms with Crippen LogP contribution in [0.4, 0.5) is 0 Å². The molecule has 1 rings (SSSR count). The Kier molecular flexibility index (Phi) is 6.83. The first-order chi connectivity index (χ1) is 8.76. The molecule has 0 aliphatic heterocycles. The van der Waals surface area contributed by atoms with E-state index in [2.05, 4.69) is 5.32 Å². The van der Waals surface area contributed by atoms with Gasteiger partial charge in [0.15, 0.2) is 0 Å². The van der Waals surface area contributed by atoms with Crippen molar-refractivity contribution in [2.24, 2.45) is 0 Å². The molecule has 0 aromatic heterocycles. The highest BCUT2D eigenvalue weighted by molar-refractivity contribution is 5.71. The fraction of sp³-hybridized carbons (Fsp3) is 0.462. The van der Waals surface area contributed by atoms with Gasteiger partial charge in [-0.25, -0.2) is 0 Å². The second-order valence-electron chi connectivity index (χ2n) is 3.68. The molecule has 100 valence electrons. The average Bonchev–Trinajstić information content (AvgIpc) is 2.42. The molecule has 1 aromatic rings. The predicted octanol–water partition coefficient (Wildman–Crippen LogP) is 0.974. The number of hydrogen-bond acceptors (Lipinski definition) is 5. The Labute approximate surface area is 107 Å². The van der Waals surface area contributed by atoms with Crippen LogP contribution in [0.15, 0.2) is 24.3 Å². The van der Waals surface area contributed by atoms with Gasteiger partial charge in [-0.1, -0.05) is 12.1 Å². The number of ether oxygens (including phenoxy) is 3. The molecule has 0 spiro atoms. The van der Waals surface area contributed by atoms with Gasteiger partial charge < -0.3 is 19.5 Å². The molecule has 0 fully saturated rings. The molecule has 0 saturated carbocycles. The lowest BCUT2D eigenvalue weighted by Crippen LogP contribution is -2.27. The number of nitrogens with one attached hydrogen (secondary N) is 1. The van der Waals surface area contributed by atoms with Crippen molar-refractivity contribution in [3.63, 3.8) is 0 Å². The molecule has 0 atom stereocenters. The quantitative estimate of drug-likeness (QED) is 0.553. The minimum Gasteiger partial charge on any atom is -0.497 e. The summed E-state index contributed by atoms with van der Waals surface area (Å²) in [4.78, 5) is 11.4. The molecule has 0 aliphatic carbocycles. The van der Waals surface area contributed by atoms with E-state index in [0.717, 1.165) is 11.3 Å². The maximum atomic E-state index is 11.4. The topological polar surface area (TPSA) is 56.8 Å². The van der Waals surface area contributed by atoms with Gasteiger partial charge >= 0.3 is 5.97 Å². The fourth-order valence-corrected chi connectivity index (χ4v) is 1.30. The first-order valence-corrected chi connectivity index (χ1v) is 5.74. The summed E-state index contributed by atoms with van der Waals surface area (Å²) in [5.41, 5.74) is 0.932. The summed E-state index contributed by atoms with van der Waals surface area (Å²) in [5, 5.41) is 2.92. The van der Waals surface area contributed by atoms with Crippen LogP contribution in [0.1, 0.15) is 5.56 Å². The standard InChI is InChI=1S/C13H19NO4/c1-16-8-7-14-9-13(15)18-10-11-3-5-12(17-2)6-4-11/h3-6,14H,7-10H2,1-2H3. The highest BCUT2D eigenvalue weighted by atomic mass is 16.5. The fourth-order valence-electron chi connectivity index (χ4n) is 1.30. The van der Waals surface area contributed by atoms with Crippen LogP contribution in [0.2, 0.25) is 0 Å². The first kappa shape index (κ1) is 14.5. The second kappa shape index (κ2) is 8.49. The van der Waals surface area contributed by atoms with Gasteiger partial charge in [0.05, 0.1) is 20.3 Å². The molecular formula is C13H19NO4. The Hall–Kier alpha value is -1.59. The zero-order valence-electron chi connectivity index (χ0n) is 10.8. The van der Waals surface area contributed by atoms with Gasteiger partial charge in [0, 0.05) is 13.7 Å². The van der Waals surface area contributed by atoms with Crippen LogP contribution < -0.4 is 10.1 Å². The minimum atomic E-state index is -0.276. The molecule has 0 saturated heterocycles.